The number of nitrogens with one attached hydrogen (secondary N) is 2. The Morgan fingerprint density at radius 3 is 2.65 bits per heavy atom. The van der Waals surface area contributed by atoms with Crippen molar-refractivity contribution in [1.29, 1.82) is 0 Å². The molecule has 0 spiro atoms. The largest absolute Gasteiger partial charge is 0.479 e. The number of carbonyl (C=O) groups is 2. The lowest BCUT2D eigenvalue weighted by atomic mass is 10.3. The summed E-state index contributed by atoms with van der Waals surface area (Å²) < 4.78 is 1.86. The van der Waals surface area contributed by atoms with E-state index in [0.29, 0.717) is 19.5 Å². The van der Waals surface area contributed by atoms with Gasteiger partial charge in [0.05, 0.1) is 12.2 Å². The van der Waals surface area contributed by atoms with Crippen LogP contribution in [0.1, 0.15) is 17.8 Å². The molecule has 0 aliphatic carbocycles. The first-order valence-electron chi connectivity index (χ1n) is 6.33. The number of aliphatic hydroxyl groups is 1. The van der Waals surface area contributed by atoms with Gasteiger partial charge in [0, 0.05) is 18.8 Å². The molecule has 1 aromatic heterocycles. The van der Waals surface area contributed by atoms with Gasteiger partial charge in [0.2, 0.25) is 0 Å². The van der Waals surface area contributed by atoms with Crippen LogP contribution in [-0.4, -0.2) is 51.2 Å². The lowest BCUT2D eigenvalue weighted by molar-refractivity contribution is -0.146. The van der Waals surface area contributed by atoms with Gasteiger partial charge < -0.3 is 20.8 Å². The topological polar surface area (TPSA) is 116 Å². The Balaban J connectivity index is 2.16. The van der Waals surface area contributed by atoms with Crippen molar-refractivity contribution in [3.8, 4) is 0 Å². The number of carboxylic acid groups (broad SMARTS) is 1. The number of nitrogens with zero attached hydrogens (tertiary/aromatic N) is 2. The summed E-state index contributed by atoms with van der Waals surface area (Å²) in [4.78, 5) is 21.6. The van der Waals surface area contributed by atoms with Crippen molar-refractivity contribution in [2.75, 3.05) is 13.1 Å². The van der Waals surface area contributed by atoms with Crippen LogP contribution in [0.5, 0.6) is 0 Å². The van der Waals surface area contributed by atoms with Crippen LogP contribution >= 0.6 is 0 Å². The summed E-state index contributed by atoms with van der Waals surface area (Å²) in [5, 5.41) is 26.6. The standard InChI is InChI=1S/C12H20N4O4/c1-8-6-9(2)16(15-8)5-3-4-13-12(20)14-7-10(17)11(18)19/h6,10,17H,3-5,7H2,1-2H3,(H,18,19)(H2,13,14,20)/t10-/m0/s1. The number of aliphatic hydroxyl groups excluding tert-OH is 1. The van der Waals surface area contributed by atoms with E-state index in [1.807, 2.05) is 24.6 Å². The highest BCUT2D eigenvalue weighted by Gasteiger charge is 2.13. The minimum absolute atomic E-state index is 0.321. The van der Waals surface area contributed by atoms with Crippen molar-refractivity contribution in [3.05, 3.63) is 17.5 Å². The molecule has 0 aromatic carbocycles. The lowest BCUT2D eigenvalue weighted by Crippen LogP contribution is -2.42. The first-order valence-corrected chi connectivity index (χ1v) is 6.33. The molecule has 2 amide bonds. The van der Waals surface area contributed by atoms with Gasteiger partial charge in [-0.2, -0.15) is 5.10 Å². The number of aliphatic carboxylic acids is 1. The van der Waals surface area contributed by atoms with E-state index in [1.165, 1.54) is 0 Å². The Labute approximate surface area is 116 Å². The molecule has 0 saturated heterocycles. The summed E-state index contributed by atoms with van der Waals surface area (Å²) in [6.07, 6.45) is -0.882. The monoisotopic (exact) mass is 284 g/mol. The van der Waals surface area contributed by atoms with Gasteiger partial charge in [-0.25, -0.2) is 9.59 Å². The van der Waals surface area contributed by atoms with Crippen molar-refractivity contribution in [1.82, 2.24) is 20.4 Å². The first-order chi connectivity index (χ1) is 9.40. The number of hydrogen-bond acceptors (Lipinski definition) is 4. The molecule has 1 rings (SSSR count). The number of rotatable bonds is 7. The number of aryl methyl sites for hydroxylation is 3. The lowest BCUT2D eigenvalue weighted by Gasteiger charge is -2.09. The van der Waals surface area contributed by atoms with Crippen molar-refractivity contribution in [2.45, 2.75) is 32.9 Å². The van der Waals surface area contributed by atoms with Gasteiger partial charge >= 0.3 is 12.0 Å². The molecule has 8 nitrogen and oxygen atoms in total. The molecule has 112 valence electrons. The quantitative estimate of drug-likeness (QED) is 0.510. The molecule has 8 heteroatoms. The van der Waals surface area contributed by atoms with Crippen LogP contribution in [0.25, 0.3) is 0 Å². The van der Waals surface area contributed by atoms with Crippen LogP contribution in [0.2, 0.25) is 0 Å². The van der Waals surface area contributed by atoms with Crippen molar-refractivity contribution in [2.24, 2.45) is 0 Å². The Bertz CT molecular complexity index is 472. The fourth-order valence-corrected chi connectivity index (χ4v) is 1.67. The van der Waals surface area contributed by atoms with Gasteiger partial charge in [0.1, 0.15) is 0 Å². The zero-order valence-corrected chi connectivity index (χ0v) is 11.6. The molecular weight excluding hydrogens is 264 g/mol. The average Bonchev–Trinajstić information content (AvgIpc) is 2.70. The van der Waals surface area contributed by atoms with Crippen molar-refractivity contribution in [3.63, 3.8) is 0 Å². The molecule has 1 atom stereocenters. The number of amides is 2. The van der Waals surface area contributed by atoms with E-state index in [-0.39, 0.29) is 6.54 Å². The minimum atomic E-state index is -1.59. The number of urea groups is 1. The third-order valence-corrected chi connectivity index (χ3v) is 2.68. The van der Waals surface area contributed by atoms with Gasteiger partial charge in [0.15, 0.2) is 6.10 Å². The molecule has 0 aliphatic rings. The molecule has 0 aliphatic heterocycles. The predicted molar refractivity (Wildman–Crippen MR) is 71.4 cm³/mol. The van der Waals surface area contributed by atoms with Crippen LogP contribution in [0.4, 0.5) is 4.79 Å². The van der Waals surface area contributed by atoms with Crippen LogP contribution in [0.3, 0.4) is 0 Å². The van der Waals surface area contributed by atoms with E-state index in [0.717, 1.165) is 11.4 Å². The van der Waals surface area contributed by atoms with Crippen molar-refractivity contribution >= 4 is 12.0 Å². The Morgan fingerprint density at radius 1 is 1.40 bits per heavy atom. The number of hydrogen-bond donors (Lipinski definition) is 4. The molecular formula is C12H20N4O4. The van der Waals surface area contributed by atoms with Crippen LogP contribution in [-0.2, 0) is 11.3 Å². The van der Waals surface area contributed by atoms with Gasteiger partial charge in [-0.15, -0.1) is 0 Å². The maximum Gasteiger partial charge on any atom is 0.334 e. The third kappa shape index (κ3) is 5.27. The summed E-state index contributed by atoms with van der Waals surface area (Å²) in [7, 11) is 0. The van der Waals surface area contributed by atoms with E-state index < -0.39 is 18.1 Å². The normalized spacial score (nSPS) is 11.9. The van der Waals surface area contributed by atoms with Gasteiger partial charge in [-0.05, 0) is 26.3 Å². The summed E-state index contributed by atoms with van der Waals surface area (Å²) in [5.74, 6) is -1.37. The number of aromatic nitrogens is 2. The second-order valence-corrected chi connectivity index (χ2v) is 4.49. The SMILES string of the molecule is Cc1cc(C)n(CCCNC(=O)NC[C@H](O)C(=O)O)n1. The summed E-state index contributed by atoms with van der Waals surface area (Å²) in [5.41, 5.74) is 2.02. The van der Waals surface area contributed by atoms with Gasteiger partial charge in [-0.3, -0.25) is 4.68 Å². The van der Waals surface area contributed by atoms with Crippen LogP contribution in [0.15, 0.2) is 6.07 Å². The predicted octanol–water partition coefficient (Wildman–Crippen LogP) is -0.365. The van der Waals surface area contributed by atoms with E-state index in [9.17, 15) is 9.59 Å². The number of carboxylic acids is 1. The van der Waals surface area contributed by atoms with E-state index in [2.05, 4.69) is 15.7 Å². The smallest absolute Gasteiger partial charge is 0.334 e. The zero-order valence-electron chi connectivity index (χ0n) is 11.6. The summed E-state index contributed by atoms with van der Waals surface area (Å²) >= 11 is 0. The van der Waals surface area contributed by atoms with E-state index in [4.69, 9.17) is 10.2 Å². The molecule has 1 aromatic rings. The highest BCUT2D eigenvalue weighted by molar-refractivity contribution is 5.76. The van der Waals surface area contributed by atoms with Gasteiger partial charge in [-0.1, -0.05) is 0 Å². The summed E-state index contributed by atoms with van der Waals surface area (Å²) in [6.45, 7) is 4.69. The fourth-order valence-electron chi connectivity index (χ4n) is 1.67. The highest BCUT2D eigenvalue weighted by Crippen LogP contribution is 2.02. The molecule has 4 N–H and O–H groups in total. The maximum absolute atomic E-state index is 11.3. The highest BCUT2D eigenvalue weighted by atomic mass is 16.4. The molecule has 0 fully saturated rings. The van der Waals surface area contributed by atoms with E-state index >= 15 is 0 Å². The summed E-state index contributed by atoms with van der Waals surface area (Å²) in [6, 6.07) is 1.48. The zero-order chi connectivity index (χ0) is 15.1. The number of carbonyl (C=O) groups excluding carboxylic acids is 1. The van der Waals surface area contributed by atoms with E-state index in [1.54, 1.807) is 0 Å². The average molecular weight is 284 g/mol. The second kappa shape index (κ2) is 7.49. The maximum atomic E-state index is 11.3. The molecule has 1 heterocycles. The Morgan fingerprint density at radius 2 is 2.10 bits per heavy atom. The first kappa shape index (κ1) is 16.0. The van der Waals surface area contributed by atoms with Crippen molar-refractivity contribution < 1.29 is 19.8 Å². The molecule has 0 radical (unpaired) electrons. The minimum Gasteiger partial charge on any atom is -0.479 e. The Kier molecular flexibility index (Phi) is 5.98. The fraction of sp³-hybridized carbons (Fsp3) is 0.583. The molecule has 20 heavy (non-hydrogen) atoms. The molecule has 0 unspecified atom stereocenters. The van der Waals surface area contributed by atoms with Crippen LogP contribution in [0, 0.1) is 13.8 Å². The molecule has 0 saturated carbocycles. The van der Waals surface area contributed by atoms with Crippen LogP contribution < -0.4 is 10.6 Å². The van der Waals surface area contributed by atoms with Gasteiger partial charge in [0.25, 0.3) is 0 Å². The Hall–Kier alpha value is -2.09. The third-order valence-electron chi connectivity index (χ3n) is 2.68. The molecule has 0 bridgehead atoms. The second-order valence-electron chi connectivity index (χ2n) is 4.49.